The van der Waals surface area contributed by atoms with Gasteiger partial charge in [-0.15, -0.1) is 0 Å². The molecule has 1 aromatic rings. The normalized spacial score (nSPS) is 30.5. The molecule has 0 spiro atoms. The third kappa shape index (κ3) is 10.5. The van der Waals surface area contributed by atoms with Gasteiger partial charge < -0.3 is 10.2 Å². The summed E-state index contributed by atoms with van der Waals surface area (Å²) in [6, 6.07) is 14.4. The number of aryl methyl sites for hydroxylation is 1. The maximum Gasteiger partial charge on any atom is 0.0512 e. The zero-order valence-electron chi connectivity index (χ0n) is 33.4. The summed E-state index contributed by atoms with van der Waals surface area (Å²) in [5.41, 5.74) is 2.96. The Morgan fingerprint density at radius 2 is 1.33 bits per heavy atom. The lowest BCUT2D eigenvalue weighted by Gasteiger charge is -2.46. The van der Waals surface area contributed by atoms with E-state index in [-0.39, 0.29) is 0 Å². The molecule has 49 heavy (non-hydrogen) atoms. The quantitative estimate of drug-likeness (QED) is 0.346. The van der Waals surface area contributed by atoms with Gasteiger partial charge in [-0.3, -0.25) is 19.6 Å². The van der Waals surface area contributed by atoms with E-state index in [0.717, 1.165) is 48.1 Å². The highest BCUT2D eigenvalue weighted by Crippen LogP contribution is 2.36. The zero-order valence-corrected chi connectivity index (χ0v) is 33.4. The lowest BCUT2D eigenvalue weighted by atomic mass is 9.78. The number of piperazine rings is 1. The average Bonchev–Trinajstić information content (AvgIpc) is 3.86. The molecule has 0 radical (unpaired) electrons. The van der Waals surface area contributed by atoms with Gasteiger partial charge in [0.15, 0.2) is 0 Å². The number of hydrogen-bond donors (Lipinski definition) is 1. The van der Waals surface area contributed by atoms with Crippen LogP contribution in [0.1, 0.15) is 132 Å². The van der Waals surface area contributed by atoms with E-state index in [4.69, 9.17) is 0 Å². The number of fused-ring (bicyclic) bond motifs is 4. The largest absolute Gasteiger partial charge is 0.369 e. The first-order valence-electron chi connectivity index (χ1n) is 21.2. The molecular weight excluding hydrogens is 601 g/mol. The Balaban J connectivity index is 0.000000128. The van der Waals surface area contributed by atoms with Crippen molar-refractivity contribution in [3.05, 3.63) is 29.8 Å². The van der Waals surface area contributed by atoms with E-state index in [0.29, 0.717) is 6.04 Å². The minimum absolute atomic E-state index is 0.626. The van der Waals surface area contributed by atoms with Crippen molar-refractivity contribution in [2.24, 2.45) is 11.8 Å². The van der Waals surface area contributed by atoms with E-state index in [9.17, 15) is 0 Å². The predicted octanol–water partition coefficient (Wildman–Crippen LogP) is 8.11. The summed E-state index contributed by atoms with van der Waals surface area (Å²) in [4.78, 5) is 13.1. The van der Waals surface area contributed by atoms with Crippen LogP contribution in [0.5, 0.6) is 0 Å². The molecule has 6 fully saturated rings. The van der Waals surface area contributed by atoms with Gasteiger partial charge in [-0.05, 0) is 149 Å². The van der Waals surface area contributed by atoms with Crippen LogP contribution < -0.4 is 10.2 Å². The van der Waals surface area contributed by atoms with Crippen molar-refractivity contribution >= 4 is 5.69 Å². The monoisotopic (exact) mass is 679 g/mol. The summed E-state index contributed by atoms with van der Waals surface area (Å²) in [7, 11) is 0. The molecule has 7 aliphatic rings. The molecule has 1 aromatic carbocycles. The number of para-hydroxylation sites is 1. The van der Waals surface area contributed by atoms with E-state index in [1.807, 2.05) is 0 Å². The van der Waals surface area contributed by atoms with Gasteiger partial charge in [0.05, 0.1) is 6.67 Å². The van der Waals surface area contributed by atoms with Crippen LogP contribution in [0, 0.1) is 11.8 Å². The van der Waals surface area contributed by atoms with Crippen LogP contribution in [0.25, 0.3) is 0 Å². The fourth-order valence-electron chi connectivity index (χ4n) is 10.4. The fourth-order valence-corrected chi connectivity index (χ4v) is 10.4. The summed E-state index contributed by atoms with van der Waals surface area (Å²) in [6.07, 6.45) is 17.1. The molecule has 6 nitrogen and oxygen atoms in total. The van der Waals surface area contributed by atoms with Crippen LogP contribution in [0.15, 0.2) is 24.3 Å². The van der Waals surface area contributed by atoms with E-state index < -0.39 is 0 Å². The smallest absolute Gasteiger partial charge is 0.0512 e. The van der Waals surface area contributed by atoms with Crippen molar-refractivity contribution in [3.8, 4) is 0 Å². The van der Waals surface area contributed by atoms with Crippen molar-refractivity contribution in [2.45, 2.75) is 175 Å². The molecular formula is C43H78N6. The van der Waals surface area contributed by atoms with Gasteiger partial charge in [0.25, 0.3) is 0 Å². The van der Waals surface area contributed by atoms with Crippen molar-refractivity contribution in [3.63, 3.8) is 0 Å². The maximum atomic E-state index is 3.65. The average molecular weight is 679 g/mol. The van der Waals surface area contributed by atoms with Gasteiger partial charge in [0.2, 0.25) is 0 Å². The Morgan fingerprint density at radius 3 is 2.06 bits per heavy atom. The molecule has 280 valence electrons. The Kier molecular flexibility index (Phi) is 15.2. The van der Waals surface area contributed by atoms with Crippen molar-refractivity contribution in [1.82, 2.24) is 24.9 Å². The molecule has 1 N–H and O–H groups in total. The van der Waals surface area contributed by atoms with Gasteiger partial charge in [0, 0.05) is 74.2 Å². The number of nitrogens with zero attached hydrogens (tertiary/aromatic N) is 5. The molecule has 6 heterocycles. The molecule has 6 aliphatic heterocycles. The molecule has 5 atom stereocenters. The predicted molar refractivity (Wildman–Crippen MR) is 212 cm³/mol. The summed E-state index contributed by atoms with van der Waals surface area (Å²) in [6.45, 7) is 28.8. The molecule has 5 unspecified atom stereocenters. The second-order valence-corrected chi connectivity index (χ2v) is 17.7. The topological polar surface area (TPSA) is 28.2 Å². The highest BCUT2D eigenvalue weighted by atomic mass is 15.4. The van der Waals surface area contributed by atoms with E-state index in [1.54, 1.807) is 0 Å². The van der Waals surface area contributed by atoms with Gasteiger partial charge in [-0.2, -0.15) is 0 Å². The van der Waals surface area contributed by atoms with Gasteiger partial charge in [0.1, 0.15) is 0 Å². The van der Waals surface area contributed by atoms with Crippen LogP contribution >= 0.6 is 0 Å². The summed E-state index contributed by atoms with van der Waals surface area (Å²) in [5, 5.41) is 3.65. The number of anilines is 1. The van der Waals surface area contributed by atoms with Crippen LogP contribution in [-0.2, 0) is 6.42 Å². The van der Waals surface area contributed by atoms with Crippen LogP contribution in [-0.4, -0.2) is 114 Å². The number of rotatable bonds is 4. The minimum atomic E-state index is 0.626. The second-order valence-electron chi connectivity index (χ2n) is 17.7. The highest BCUT2D eigenvalue weighted by Gasteiger charge is 2.36. The maximum absolute atomic E-state index is 3.65. The summed E-state index contributed by atoms with van der Waals surface area (Å²) in [5.74, 6) is 1.83. The third-order valence-electron chi connectivity index (χ3n) is 13.1. The molecule has 6 heteroatoms. The first-order valence-corrected chi connectivity index (χ1v) is 21.2. The van der Waals surface area contributed by atoms with Crippen LogP contribution in [0.2, 0.25) is 0 Å². The summed E-state index contributed by atoms with van der Waals surface area (Å²) < 4.78 is 0. The van der Waals surface area contributed by atoms with Gasteiger partial charge in [-0.1, -0.05) is 44.9 Å². The number of likely N-dealkylation sites (tertiary alicyclic amines) is 1. The second kappa shape index (κ2) is 19.1. The number of hydrogen-bond acceptors (Lipinski definition) is 6. The summed E-state index contributed by atoms with van der Waals surface area (Å²) >= 11 is 0. The van der Waals surface area contributed by atoms with Crippen molar-refractivity contribution in [1.29, 1.82) is 0 Å². The Labute approximate surface area is 303 Å². The molecule has 1 aliphatic carbocycles. The molecule has 1 saturated carbocycles. The van der Waals surface area contributed by atoms with E-state index >= 15 is 0 Å². The molecule has 0 amide bonds. The minimum Gasteiger partial charge on any atom is -0.369 e. The molecule has 5 saturated heterocycles. The van der Waals surface area contributed by atoms with E-state index in [2.05, 4.69) is 109 Å². The van der Waals surface area contributed by atoms with Crippen LogP contribution in [0.3, 0.4) is 0 Å². The Bertz CT molecular complexity index is 1070. The molecule has 0 bridgehead atoms. The fraction of sp³-hybridized carbons (Fsp3) is 0.860. The SMILES string of the molecule is CC(C)C1NCCN2CCCC12.CC(C)N1CC2CCCN2C1.CC(C)N1CCCC2CCCCC21.CC(C)N1CCCc2ccccc21. The first kappa shape index (κ1) is 39.0. The third-order valence-corrected chi connectivity index (χ3v) is 13.1. The lowest BCUT2D eigenvalue weighted by Crippen LogP contribution is -2.57. The number of piperidine rings is 1. The molecule has 8 rings (SSSR count). The lowest BCUT2D eigenvalue weighted by molar-refractivity contribution is 0.0371. The molecule has 0 aromatic heterocycles. The highest BCUT2D eigenvalue weighted by molar-refractivity contribution is 5.55. The van der Waals surface area contributed by atoms with Crippen molar-refractivity contribution < 1.29 is 0 Å². The van der Waals surface area contributed by atoms with Gasteiger partial charge in [-0.25, -0.2) is 0 Å². The van der Waals surface area contributed by atoms with E-state index in [1.165, 1.54) is 141 Å². The number of nitrogens with one attached hydrogen (secondary N) is 1. The standard InChI is InChI=1S/C12H23N.C12H17N.C10H20N2.C9H18N2/c2*1-10(2)13-9-5-7-11-6-3-4-8-12(11)13;1-8(2)10-9-4-3-6-12(9)7-5-11-10;1-8(2)11-6-9-4-3-5-10(9)7-11/h10-12H,3-9H2,1-2H3;3-4,6,8,10H,5,7,9H2,1-2H3;8-11H,3-7H2,1-2H3;8-9H,3-7H2,1-2H3. The Hall–Kier alpha value is -1.18. The first-order chi connectivity index (χ1) is 23.6. The van der Waals surface area contributed by atoms with Crippen LogP contribution in [0.4, 0.5) is 5.69 Å². The Morgan fingerprint density at radius 1 is 0.633 bits per heavy atom. The number of benzene rings is 1. The zero-order chi connectivity index (χ0) is 34.9. The van der Waals surface area contributed by atoms with Crippen molar-refractivity contribution in [2.75, 3.05) is 57.4 Å². The van der Waals surface area contributed by atoms with Gasteiger partial charge >= 0.3 is 0 Å².